The highest BCUT2D eigenvalue weighted by atomic mass is 16.5. The largest absolute Gasteiger partial charge is 0.481 e. The summed E-state index contributed by atoms with van der Waals surface area (Å²) in [5.41, 5.74) is 6.64. The first-order valence-corrected chi connectivity index (χ1v) is 33.0. The summed E-state index contributed by atoms with van der Waals surface area (Å²) in [6, 6.07) is 28.6. The Labute approximate surface area is 491 Å². The third-order valence-corrected chi connectivity index (χ3v) is 18.1. The van der Waals surface area contributed by atoms with Crippen molar-refractivity contribution in [2.75, 3.05) is 24.6 Å². The van der Waals surface area contributed by atoms with Crippen molar-refractivity contribution in [2.24, 2.45) is 0 Å². The van der Waals surface area contributed by atoms with E-state index in [1.54, 1.807) is 0 Å². The summed E-state index contributed by atoms with van der Waals surface area (Å²) in [5.74, 6) is -0.811. The monoisotopic (exact) mass is 1100 g/mol. The molecule has 6 rings (SSSR count). The molecule has 0 saturated carbocycles. The molecule has 1 N–H and O–H groups in total. The fourth-order valence-electron chi connectivity index (χ4n) is 13.7. The molecule has 0 aromatic heterocycles. The van der Waals surface area contributed by atoms with Crippen molar-refractivity contribution in [1.82, 2.24) is 0 Å². The molecule has 81 heavy (non-hydrogen) atoms. The molecule has 0 aliphatic carbocycles. The second-order valence-electron chi connectivity index (χ2n) is 24.6. The Morgan fingerprint density at radius 2 is 1.05 bits per heavy atom. The van der Waals surface area contributed by atoms with Gasteiger partial charge in [0.15, 0.2) is 12.3 Å². The first-order valence-electron chi connectivity index (χ1n) is 33.0. The normalized spacial score (nSPS) is 15.1. The molecule has 2 aliphatic heterocycles. The Hall–Kier alpha value is -5.48. The topological polar surface area (TPSA) is 93.6 Å². The van der Waals surface area contributed by atoms with E-state index in [9.17, 15) is 20.0 Å². The third kappa shape index (κ3) is 19.3. The summed E-state index contributed by atoms with van der Waals surface area (Å²) in [4.78, 5) is 26.2. The van der Waals surface area contributed by atoms with Crippen LogP contribution in [0.1, 0.15) is 264 Å². The van der Waals surface area contributed by atoms with Crippen molar-refractivity contribution in [2.45, 2.75) is 263 Å². The Morgan fingerprint density at radius 1 is 0.605 bits per heavy atom. The summed E-state index contributed by atoms with van der Waals surface area (Å²) < 4.78 is 7.51. The lowest BCUT2D eigenvalue weighted by atomic mass is 9.70. The Kier molecular flexibility index (Phi) is 28.9. The van der Waals surface area contributed by atoms with E-state index in [1.807, 2.05) is 12.2 Å². The van der Waals surface area contributed by atoms with Gasteiger partial charge in [0.05, 0.1) is 23.5 Å². The molecule has 0 unspecified atom stereocenters. The van der Waals surface area contributed by atoms with E-state index in [0.29, 0.717) is 25.1 Å². The fourth-order valence-corrected chi connectivity index (χ4v) is 13.7. The van der Waals surface area contributed by atoms with Crippen LogP contribution in [0.15, 0.2) is 108 Å². The van der Waals surface area contributed by atoms with Gasteiger partial charge < -0.3 is 14.7 Å². The van der Waals surface area contributed by atoms with Crippen molar-refractivity contribution in [1.29, 1.82) is 5.26 Å². The van der Waals surface area contributed by atoms with Crippen LogP contribution in [0.2, 0.25) is 0 Å². The molecule has 2 heterocycles. The Morgan fingerprint density at radius 3 is 1.51 bits per heavy atom. The Balaban J connectivity index is 1.24. The molecule has 0 radical (unpaired) electrons. The predicted octanol–water partition coefficient (Wildman–Crippen LogP) is 21.0. The molecule has 440 valence electrons. The number of carbonyl (C=O) groups is 2. The number of carboxylic acids is 1. The number of anilines is 1. The van der Waals surface area contributed by atoms with E-state index in [2.05, 4.69) is 128 Å². The molecule has 0 spiro atoms. The van der Waals surface area contributed by atoms with Gasteiger partial charge in [0.25, 0.3) is 6.47 Å². The van der Waals surface area contributed by atoms with Crippen LogP contribution in [0.3, 0.4) is 0 Å². The average molecular weight is 1100 g/mol. The molecule has 0 fully saturated rings. The summed E-state index contributed by atoms with van der Waals surface area (Å²) >= 11 is 0. The molecule has 4 aromatic rings. The zero-order valence-electron chi connectivity index (χ0n) is 51.2. The van der Waals surface area contributed by atoms with Gasteiger partial charge in [0.1, 0.15) is 6.61 Å². The highest BCUT2D eigenvalue weighted by Gasteiger charge is 2.48. The van der Waals surface area contributed by atoms with Gasteiger partial charge in [-0.05, 0) is 84.2 Å². The molecule has 0 atom stereocenters. The van der Waals surface area contributed by atoms with Crippen molar-refractivity contribution in [3.8, 4) is 6.07 Å². The van der Waals surface area contributed by atoms with Gasteiger partial charge in [-0.2, -0.15) is 9.84 Å². The van der Waals surface area contributed by atoms with E-state index in [1.165, 1.54) is 225 Å². The summed E-state index contributed by atoms with van der Waals surface area (Å²) in [6.07, 6.45) is 52.6. The smallest absolute Gasteiger partial charge is 0.305 e. The number of hydrogen-bond acceptors (Lipinski definition) is 5. The van der Waals surface area contributed by atoms with Gasteiger partial charge in [-0.25, -0.2) is 0 Å². The SMILES string of the molecule is CCCCCCCCCCCCCCCCCCC1(CCCCCCCCCCCCCCCCCC)\C(=C/C=C(C#N)/C=C/C2=[N+](CCOC=O)c3ccc4ccccc4c3C2(C)C)N(CCC(=O)O)c2ccc3ccccc3c21. The second kappa shape index (κ2) is 36.2. The molecule has 0 bridgehead atoms. The maximum absolute atomic E-state index is 12.5. The predicted molar refractivity (Wildman–Crippen MR) is 343 cm³/mol. The van der Waals surface area contributed by atoms with Gasteiger partial charge in [-0.3, -0.25) is 9.59 Å². The number of carboxylic acid groups (broad SMARTS) is 1. The third-order valence-electron chi connectivity index (χ3n) is 18.1. The molecule has 0 amide bonds. The zero-order chi connectivity index (χ0) is 57.4. The number of benzene rings is 4. The van der Waals surface area contributed by atoms with Gasteiger partial charge in [-0.15, -0.1) is 0 Å². The minimum atomic E-state index is -0.811. The quantitative estimate of drug-likeness (QED) is 0.0156. The summed E-state index contributed by atoms with van der Waals surface area (Å²) in [7, 11) is 0. The van der Waals surface area contributed by atoms with Crippen LogP contribution in [0.5, 0.6) is 0 Å². The van der Waals surface area contributed by atoms with Crippen LogP contribution in [-0.4, -0.2) is 47.5 Å². The first kappa shape index (κ1) is 64.7. The number of allylic oxidation sites excluding steroid dienone is 6. The van der Waals surface area contributed by atoms with E-state index in [4.69, 9.17) is 4.74 Å². The Bertz CT molecular complexity index is 2660. The molecule has 0 saturated heterocycles. The van der Waals surface area contributed by atoms with Crippen molar-refractivity contribution in [3.05, 3.63) is 119 Å². The highest BCUT2D eigenvalue weighted by molar-refractivity contribution is 6.08. The number of rotatable bonds is 44. The standard InChI is InChI=1S/C74H105N3O4/c1-5-7-9-11-13-15-17-19-21-23-25-27-29-31-33-39-54-74(55-40-34-32-30-28-26-24-22-20-18-16-14-12-10-8-6-2)69(76(56-53-70(79)80)67-50-48-63-42-36-38-44-65(63)72(67)74)52-46-61(59-75)45-51-68-73(3,4)71-64-43-37-35-41-62(64)47-49-66(71)77(68)57-58-81-60-78/h35-38,41-52,60H,5-34,39-40,53-58H2,1-4H3/p+1. The maximum Gasteiger partial charge on any atom is 0.305 e. The number of ether oxygens (including phenoxy) is 1. The lowest BCUT2D eigenvalue weighted by molar-refractivity contribution is -0.440. The number of carbonyl (C=O) groups excluding carboxylic acids is 1. The van der Waals surface area contributed by atoms with Gasteiger partial charge >= 0.3 is 5.97 Å². The maximum atomic E-state index is 12.5. The first-order chi connectivity index (χ1) is 39.7. The number of aliphatic carboxylic acids is 1. The van der Waals surface area contributed by atoms with Gasteiger partial charge in [-0.1, -0.05) is 274 Å². The van der Waals surface area contributed by atoms with E-state index in [-0.39, 0.29) is 18.4 Å². The van der Waals surface area contributed by atoms with Gasteiger partial charge in [0.2, 0.25) is 5.69 Å². The second-order valence-corrected chi connectivity index (χ2v) is 24.6. The molecular formula is C74H106N3O4+. The number of nitrogens with zero attached hydrogens (tertiary/aromatic N) is 3. The summed E-state index contributed by atoms with van der Waals surface area (Å²) in [6.45, 7) is 10.6. The average Bonchev–Trinajstić information content (AvgIpc) is 3.88. The van der Waals surface area contributed by atoms with Crippen LogP contribution in [0, 0.1) is 11.3 Å². The van der Waals surface area contributed by atoms with E-state index in [0.717, 1.165) is 48.5 Å². The van der Waals surface area contributed by atoms with Crippen LogP contribution >= 0.6 is 0 Å². The van der Waals surface area contributed by atoms with E-state index >= 15 is 0 Å². The van der Waals surface area contributed by atoms with Crippen molar-refractivity contribution >= 4 is 51.1 Å². The molecule has 7 heteroatoms. The minimum absolute atomic E-state index is 0.0127. The van der Waals surface area contributed by atoms with Crippen molar-refractivity contribution < 1.29 is 24.0 Å². The zero-order valence-corrected chi connectivity index (χ0v) is 51.2. The lowest BCUT2D eigenvalue weighted by Gasteiger charge is -2.35. The highest BCUT2D eigenvalue weighted by Crippen LogP contribution is 2.56. The number of hydrogen-bond donors (Lipinski definition) is 1. The summed E-state index contributed by atoms with van der Waals surface area (Å²) in [5, 5.41) is 26.1. The fraction of sp³-hybridized carbons (Fsp3) is 0.595. The van der Waals surface area contributed by atoms with Gasteiger partial charge in [0, 0.05) is 41.1 Å². The number of fused-ring (bicyclic) bond motifs is 6. The minimum Gasteiger partial charge on any atom is -0.481 e. The van der Waals surface area contributed by atoms with Crippen LogP contribution < -0.4 is 4.90 Å². The van der Waals surface area contributed by atoms with Crippen LogP contribution in [0.4, 0.5) is 11.4 Å². The molecule has 4 aromatic carbocycles. The van der Waals surface area contributed by atoms with E-state index < -0.39 is 11.4 Å². The molecule has 2 aliphatic rings. The lowest BCUT2D eigenvalue weighted by Crippen LogP contribution is -2.33. The molecule has 7 nitrogen and oxygen atoms in total. The molecular weight excluding hydrogens is 995 g/mol. The van der Waals surface area contributed by atoms with Crippen molar-refractivity contribution in [3.63, 3.8) is 0 Å². The number of nitriles is 1. The van der Waals surface area contributed by atoms with Crippen LogP contribution in [0.25, 0.3) is 21.5 Å². The van der Waals surface area contributed by atoms with Crippen LogP contribution in [-0.2, 0) is 25.2 Å². The number of unbranched alkanes of at least 4 members (excludes halogenated alkanes) is 30.